The highest BCUT2D eigenvalue weighted by atomic mass is 127. The summed E-state index contributed by atoms with van der Waals surface area (Å²) in [5.41, 5.74) is 2.54. The molecule has 0 saturated heterocycles. The van der Waals surface area contributed by atoms with Crippen LogP contribution in [0.15, 0.2) is 51.7 Å². The van der Waals surface area contributed by atoms with E-state index >= 15 is 0 Å². The van der Waals surface area contributed by atoms with Gasteiger partial charge in [0, 0.05) is 20.6 Å². The summed E-state index contributed by atoms with van der Waals surface area (Å²) in [5, 5.41) is 0.927. The smallest absolute Gasteiger partial charge is 0.344 e. The van der Waals surface area contributed by atoms with Crippen molar-refractivity contribution in [2.45, 2.75) is 19.3 Å². The fourth-order valence-corrected chi connectivity index (χ4v) is 3.72. The molecular formula is C19H13IO4. The van der Waals surface area contributed by atoms with Crippen molar-refractivity contribution in [3.8, 4) is 5.75 Å². The van der Waals surface area contributed by atoms with E-state index in [1.807, 2.05) is 18.2 Å². The molecule has 0 fully saturated rings. The van der Waals surface area contributed by atoms with Gasteiger partial charge in [-0.25, -0.2) is 9.59 Å². The Morgan fingerprint density at radius 3 is 2.71 bits per heavy atom. The van der Waals surface area contributed by atoms with Crippen LogP contribution >= 0.6 is 22.6 Å². The molecule has 1 aromatic heterocycles. The van der Waals surface area contributed by atoms with Crippen molar-refractivity contribution in [3.63, 3.8) is 0 Å². The Morgan fingerprint density at radius 1 is 1.08 bits per heavy atom. The molecule has 0 bridgehead atoms. The molecule has 0 aliphatic heterocycles. The monoisotopic (exact) mass is 432 g/mol. The second kappa shape index (κ2) is 6.05. The normalized spacial score (nSPS) is 13.0. The molecule has 3 aromatic rings. The maximum absolute atomic E-state index is 12.3. The molecule has 0 unspecified atom stereocenters. The molecule has 2 aromatic carbocycles. The van der Waals surface area contributed by atoms with E-state index in [4.69, 9.17) is 9.15 Å². The number of hydrogen-bond acceptors (Lipinski definition) is 4. The van der Waals surface area contributed by atoms with Gasteiger partial charge in [-0.05, 0) is 71.7 Å². The minimum absolute atomic E-state index is 0.281. The third kappa shape index (κ3) is 2.62. The average molecular weight is 432 g/mol. The molecule has 24 heavy (non-hydrogen) atoms. The molecule has 0 N–H and O–H groups in total. The summed E-state index contributed by atoms with van der Waals surface area (Å²) in [4.78, 5) is 24.4. The predicted molar refractivity (Wildman–Crippen MR) is 98.6 cm³/mol. The van der Waals surface area contributed by atoms with Crippen LogP contribution in [0.1, 0.15) is 27.9 Å². The quantitative estimate of drug-likeness (QED) is 0.265. The zero-order valence-electron chi connectivity index (χ0n) is 12.7. The molecule has 120 valence electrons. The fraction of sp³-hybridized carbons (Fsp3) is 0.158. The highest BCUT2D eigenvalue weighted by Crippen LogP contribution is 2.30. The van der Waals surface area contributed by atoms with Crippen LogP contribution in [-0.2, 0) is 12.8 Å². The topological polar surface area (TPSA) is 56.5 Å². The van der Waals surface area contributed by atoms with E-state index in [1.54, 1.807) is 24.3 Å². The molecule has 1 aliphatic carbocycles. The zero-order valence-corrected chi connectivity index (χ0v) is 14.8. The standard InChI is InChI=1S/C19H13IO4/c20-16-7-2-1-4-15(16)19(22)23-11-8-9-13-12-5-3-6-14(12)18(21)24-17(13)10-11/h1-2,4,7-10H,3,5-6H2. The predicted octanol–water partition coefficient (Wildman–Crippen LogP) is 4.11. The van der Waals surface area contributed by atoms with E-state index in [9.17, 15) is 9.59 Å². The van der Waals surface area contributed by atoms with Gasteiger partial charge in [0.15, 0.2) is 0 Å². The van der Waals surface area contributed by atoms with Crippen molar-refractivity contribution in [2.75, 3.05) is 0 Å². The number of ether oxygens (including phenoxy) is 1. The molecule has 4 nitrogen and oxygen atoms in total. The Hall–Kier alpha value is -2.15. The van der Waals surface area contributed by atoms with E-state index < -0.39 is 5.97 Å². The van der Waals surface area contributed by atoms with Crippen molar-refractivity contribution < 1.29 is 13.9 Å². The highest BCUT2D eigenvalue weighted by molar-refractivity contribution is 14.1. The summed E-state index contributed by atoms with van der Waals surface area (Å²) in [6.45, 7) is 0. The summed E-state index contributed by atoms with van der Waals surface area (Å²) in [6, 6.07) is 12.4. The summed E-state index contributed by atoms with van der Waals surface area (Å²) in [5.74, 6) is -0.0592. The first kappa shape index (κ1) is 15.4. The van der Waals surface area contributed by atoms with Crippen molar-refractivity contribution in [3.05, 3.63) is 73.1 Å². The number of rotatable bonds is 2. The first-order valence-corrected chi connectivity index (χ1v) is 8.76. The van der Waals surface area contributed by atoms with Crippen LogP contribution in [0.5, 0.6) is 5.75 Å². The number of carbonyl (C=O) groups is 1. The lowest BCUT2D eigenvalue weighted by atomic mass is 10.1. The van der Waals surface area contributed by atoms with E-state index in [0.717, 1.165) is 39.3 Å². The maximum Gasteiger partial charge on any atom is 0.344 e. The minimum atomic E-state index is -0.428. The number of fused-ring (bicyclic) bond motifs is 3. The molecule has 0 amide bonds. The van der Waals surface area contributed by atoms with Crippen molar-refractivity contribution in [2.24, 2.45) is 0 Å². The largest absolute Gasteiger partial charge is 0.423 e. The van der Waals surface area contributed by atoms with Gasteiger partial charge in [-0.1, -0.05) is 12.1 Å². The Kier molecular flexibility index (Phi) is 3.88. The van der Waals surface area contributed by atoms with Crippen LogP contribution in [0.25, 0.3) is 11.0 Å². The first-order valence-electron chi connectivity index (χ1n) is 7.69. The average Bonchev–Trinajstić information content (AvgIpc) is 3.05. The summed E-state index contributed by atoms with van der Waals surface area (Å²) in [7, 11) is 0. The van der Waals surface area contributed by atoms with Gasteiger partial charge in [0.2, 0.25) is 0 Å². The van der Waals surface area contributed by atoms with Gasteiger partial charge in [-0.2, -0.15) is 0 Å². The van der Waals surface area contributed by atoms with Gasteiger partial charge < -0.3 is 9.15 Å². The van der Waals surface area contributed by atoms with Crippen LogP contribution in [-0.4, -0.2) is 5.97 Å². The first-order chi connectivity index (χ1) is 11.6. The Morgan fingerprint density at radius 2 is 1.88 bits per heavy atom. The Labute approximate surface area is 151 Å². The number of esters is 1. The van der Waals surface area contributed by atoms with Crippen LogP contribution in [0.2, 0.25) is 0 Å². The van der Waals surface area contributed by atoms with Crippen LogP contribution in [0.4, 0.5) is 0 Å². The lowest BCUT2D eigenvalue weighted by molar-refractivity contribution is 0.0734. The maximum atomic E-state index is 12.3. The molecule has 0 atom stereocenters. The zero-order chi connectivity index (χ0) is 16.7. The number of aryl methyl sites for hydroxylation is 1. The van der Waals surface area contributed by atoms with E-state index in [2.05, 4.69) is 22.6 Å². The van der Waals surface area contributed by atoms with Crippen molar-refractivity contribution in [1.82, 2.24) is 0 Å². The summed E-state index contributed by atoms with van der Waals surface area (Å²) < 4.78 is 11.7. The highest BCUT2D eigenvalue weighted by Gasteiger charge is 2.20. The third-order valence-electron chi connectivity index (χ3n) is 4.25. The van der Waals surface area contributed by atoms with Crippen molar-refractivity contribution >= 4 is 39.5 Å². The lowest BCUT2D eigenvalue weighted by Gasteiger charge is -2.08. The number of benzene rings is 2. The Bertz CT molecular complexity index is 1020. The van der Waals surface area contributed by atoms with Gasteiger partial charge in [-0.3, -0.25) is 0 Å². The summed E-state index contributed by atoms with van der Waals surface area (Å²) >= 11 is 2.10. The second-order valence-electron chi connectivity index (χ2n) is 5.73. The SMILES string of the molecule is O=C(Oc1ccc2c3c(c(=O)oc2c1)CCC3)c1ccccc1I. The number of carbonyl (C=O) groups excluding carboxylic acids is 1. The third-order valence-corrected chi connectivity index (χ3v) is 5.19. The molecular weight excluding hydrogens is 419 g/mol. The lowest BCUT2D eigenvalue weighted by Crippen LogP contribution is -2.10. The van der Waals surface area contributed by atoms with Gasteiger partial charge in [0.25, 0.3) is 0 Å². The molecule has 4 rings (SSSR count). The summed E-state index contributed by atoms with van der Waals surface area (Å²) in [6.07, 6.45) is 2.64. The van der Waals surface area contributed by atoms with Gasteiger partial charge in [0.1, 0.15) is 11.3 Å². The Balaban J connectivity index is 1.71. The van der Waals surface area contributed by atoms with Crippen LogP contribution in [0.3, 0.4) is 0 Å². The molecule has 5 heteroatoms. The molecule has 0 radical (unpaired) electrons. The second-order valence-corrected chi connectivity index (χ2v) is 6.89. The van der Waals surface area contributed by atoms with Crippen molar-refractivity contribution in [1.29, 1.82) is 0 Å². The molecule has 0 spiro atoms. The van der Waals surface area contributed by atoms with Gasteiger partial charge in [0.05, 0.1) is 5.56 Å². The van der Waals surface area contributed by atoms with E-state index in [0.29, 0.717) is 16.9 Å². The van der Waals surface area contributed by atoms with E-state index in [1.165, 1.54) is 0 Å². The molecule has 1 aliphatic rings. The number of halogens is 1. The van der Waals surface area contributed by atoms with Gasteiger partial charge in [-0.15, -0.1) is 0 Å². The van der Waals surface area contributed by atoms with Crippen LogP contribution < -0.4 is 10.4 Å². The fourth-order valence-electron chi connectivity index (χ4n) is 3.12. The molecule has 0 saturated carbocycles. The van der Waals surface area contributed by atoms with Crippen LogP contribution in [0, 0.1) is 3.57 Å². The molecule has 1 heterocycles. The van der Waals surface area contributed by atoms with E-state index in [-0.39, 0.29) is 5.63 Å². The van der Waals surface area contributed by atoms with Gasteiger partial charge >= 0.3 is 11.6 Å². The minimum Gasteiger partial charge on any atom is -0.423 e. The number of hydrogen-bond donors (Lipinski definition) is 0.